The summed E-state index contributed by atoms with van der Waals surface area (Å²) in [5.41, 5.74) is 0.784. The van der Waals surface area contributed by atoms with Gasteiger partial charge in [-0.15, -0.1) is 0 Å². The number of aliphatic imine (C=N–C) groups is 1. The van der Waals surface area contributed by atoms with Gasteiger partial charge in [-0.2, -0.15) is 0 Å². The molecule has 1 heterocycles. The van der Waals surface area contributed by atoms with Gasteiger partial charge in [-0.05, 0) is 12.1 Å². The van der Waals surface area contributed by atoms with E-state index >= 15 is 0 Å². The predicted octanol–water partition coefficient (Wildman–Crippen LogP) is 0.741. The van der Waals surface area contributed by atoms with Crippen LogP contribution in [0.15, 0.2) is 35.3 Å². The summed E-state index contributed by atoms with van der Waals surface area (Å²) < 4.78 is 5.01. The lowest BCUT2D eigenvalue weighted by atomic mass is 10.2. The van der Waals surface area contributed by atoms with Crippen LogP contribution in [0.4, 0.5) is 0 Å². The van der Waals surface area contributed by atoms with Crippen molar-refractivity contribution in [3.8, 4) is 0 Å². The highest BCUT2D eigenvalue weighted by molar-refractivity contribution is 6.06. The predicted molar refractivity (Wildman–Crippen MR) is 54.6 cm³/mol. The second-order valence-electron chi connectivity index (χ2n) is 3.25. The van der Waals surface area contributed by atoms with E-state index in [0.29, 0.717) is 12.3 Å². The molecule has 0 fully saturated rings. The second-order valence-corrected chi connectivity index (χ2v) is 3.25. The first-order valence-corrected chi connectivity index (χ1v) is 4.77. The molecular formula is C11H11NO3. The molecule has 1 aliphatic rings. The molecule has 78 valence electrons. The van der Waals surface area contributed by atoms with Crippen molar-refractivity contribution in [3.63, 3.8) is 0 Å². The smallest absolute Gasteiger partial charge is 0.337 e. The Labute approximate surface area is 87.2 Å². The van der Waals surface area contributed by atoms with E-state index in [9.17, 15) is 4.79 Å². The van der Waals surface area contributed by atoms with Crippen molar-refractivity contribution in [3.05, 3.63) is 35.9 Å². The molecule has 1 N–H and O–H groups in total. The van der Waals surface area contributed by atoms with Crippen LogP contribution in [0.3, 0.4) is 0 Å². The van der Waals surface area contributed by atoms with Crippen molar-refractivity contribution in [2.24, 2.45) is 4.99 Å². The molecule has 1 aliphatic heterocycles. The highest BCUT2D eigenvalue weighted by atomic mass is 16.6. The van der Waals surface area contributed by atoms with Crippen LogP contribution in [-0.2, 0) is 9.53 Å². The fourth-order valence-corrected chi connectivity index (χ4v) is 1.40. The molecule has 2 rings (SSSR count). The number of hydrogen-bond acceptors (Lipinski definition) is 4. The zero-order valence-corrected chi connectivity index (χ0v) is 8.09. The van der Waals surface area contributed by atoms with E-state index in [4.69, 9.17) is 9.84 Å². The van der Waals surface area contributed by atoms with Gasteiger partial charge in [0.25, 0.3) is 0 Å². The maximum Gasteiger partial charge on any atom is 0.337 e. The van der Waals surface area contributed by atoms with Crippen LogP contribution in [0.2, 0.25) is 0 Å². The Hall–Kier alpha value is -1.68. The summed E-state index contributed by atoms with van der Waals surface area (Å²) in [7, 11) is 0. The number of carbonyl (C=O) groups excluding carboxylic acids is 1. The number of benzene rings is 1. The van der Waals surface area contributed by atoms with Crippen LogP contribution < -0.4 is 0 Å². The van der Waals surface area contributed by atoms with Gasteiger partial charge in [0.1, 0.15) is 0 Å². The third-order valence-corrected chi connectivity index (χ3v) is 2.17. The van der Waals surface area contributed by atoms with Gasteiger partial charge >= 0.3 is 5.97 Å². The SMILES string of the molecule is O=C1OC(c2ccccc2)=NC1CCO. The summed E-state index contributed by atoms with van der Waals surface area (Å²) in [4.78, 5) is 15.4. The molecule has 4 nitrogen and oxygen atoms in total. The van der Waals surface area contributed by atoms with Gasteiger partial charge in [0.2, 0.25) is 5.90 Å². The Morgan fingerprint density at radius 1 is 1.33 bits per heavy atom. The van der Waals surface area contributed by atoms with Crippen molar-refractivity contribution in [1.82, 2.24) is 0 Å². The molecule has 15 heavy (non-hydrogen) atoms. The van der Waals surface area contributed by atoms with Crippen LogP contribution >= 0.6 is 0 Å². The fraction of sp³-hybridized carbons (Fsp3) is 0.273. The van der Waals surface area contributed by atoms with Gasteiger partial charge in [0, 0.05) is 18.6 Å². The van der Waals surface area contributed by atoms with E-state index in [-0.39, 0.29) is 12.6 Å². The summed E-state index contributed by atoms with van der Waals surface area (Å²) >= 11 is 0. The molecule has 0 saturated carbocycles. The zero-order valence-electron chi connectivity index (χ0n) is 8.09. The minimum Gasteiger partial charge on any atom is -0.406 e. The van der Waals surface area contributed by atoms with Crippen molar-refractivity contribution >= 4 is 11.9 Å². The number of nitrogens with zero attached hydrogens (tertiary/aromatic N) is 1. The molecule has 0 aromatic heterocycles. The zero-order chi connectivity index (χ0) is 10.7. The second kappa shape index (κ2) is 4.23. The molecule has 1 atom stereocenters. The Morgan fingerprint density at radius 3 is 2.73 bits per heavy atom. The van der Waals surface area contributed by atoms with Crippen molar-refractivity contribution < 1.29 is 14.6 Å². The number of esters is 1. The molecule has 0 radical (unpaired) electrons. The molecule has 4 heteroatoms. The molecule has 1 unspecified atom stereocenters. The summed E-state index contributed by atoms with van der Waals surface area (Å²) in [6, 6.07) is 8.69. The molecular weight excluding hydrogens is 194 g/mol. The number of cyclic esters (lactones) is 1. The molecule has 0 amide bonds. The van der Waals surface area contributed by atoms with E-state index in [0.717, 1.165) is 5.56 Å². The van der Waals surface area contributed by atoms with E-state index < -0.39 is 6.04 Å². The summed E-state index contributed by atoms with van der Waals surface area (Å²) in [6.07, 6.45) is 0.315. The minimum absolute atomic E-state index is 0.0642. The molecule has 0 bridgehead atoms. The standard InChI is InChI=1S/C11H11NO3/c13-7-6-9-11(14)15-10(12-9)8-4-2-1-3-5-8/h1-5,9,13H,6-7H2. The number of hydrogen-bond donors (Lipinski definition) is 1. The average Bonchev–Trinajstić information content (AvgIpc) is 2.63. The van der Waals surface area contributed by atoms with E-state index in [1.807, 2.05) is 30.3 Å². The van der Waals surface area contributed by atoms with Gasteiger partial charge in [-0.25, -0.2) is 9.79 Å². The van der Waals surface area contributed by atoms with Crippen molar-refractivity contribution in [2.75, 3.05) is 6.61 Å². The van der Waals surface area contributed by atoms with E-state index in [1.165, 1.54) is 0 Å². The fourth-order valence-electron chi connectivity index (χ4n) is 1.40. The highest BCUT2D eigenvalue weighted by Crippen LogP contribution is 2.15. The molecule has 0 spiro atoms. The highest BCUT2D eigenvalue weighted by Gasteiger charge is 2.28. The normalized spacial score (nSPS) is 19.9. The van der Waals surface area contributed by atoms with Crippen molar-refractivity contribution in [2.45, 2.75) is 12.5 Å². The monoisotopic (exact) mass is 205 g/mol. The minimum atomic E-state index is -0.551. The Bertz CT molecular complexity index is 386. The molecule has 0 saturated heterocycles. The number of carbonyl (C=O) groups is 1. The molecule has 1 aromatic carbocycles. The van der Waals surface area contributed by atoms with Crippen LogP contribution in [0.25, 0.3) is 0 Å². The summed E-state index contributed by atoms with van der Waals surface area (Å²) in [5.74, 6) is -0.0399. The van der Waals surface area contributed by atoms with Gasteiger partial charge in [-0.3, -0.25) is 0 Å². The van der Waals surface area contributed by atoms with Gasteiger partial charge in [-0.1, -0.05) is 18.2 Å². The van der Waals surface area contributed by atoms with Crippen LogP contribution in [-0.4, -0.2) is 29.6 Å². The third kappa shape index (κ3) is 2.05. The first kappa shape index (κ1) is 9.86. The Morgan fingerprint density at radius 2 is 2.07 bits per heavy atom. The lowest BCUT2D eigenvalue weighted by molar-refractivity contribution is -0.135. The number of aliphatic hydroxyl groups excluding tert-OH is 1. The van der Waals surface area contributed by atoms with Crippen LogP contribution in [0, 0.1) is 0 Å². The Balaban J connectivity index is 2.19. The third-order valence-electron chi connectivity index (χ3n) is 2.17. The largest absolute Gasteiger partial charge is 0.406 e. The molecule has 0 aliphatic carbocycles. The Kier molecular flexibility index (Phi) is 2.78. The van der Waals surface area contributed by atoms with Gasteiger partial charge in [0.15, 0.2) is 6.04 Å². The summed E-state index contributed by atoms with van der Waals surface area (Å²) in [6.45, 7) is -0.0642. The topological polar surface area (TPSA) is 58.9 Å². The van der Waals surface area contributed by atoms with E-state index in [1.54, 1.807) is 0 Å². The lowest BCUT2D eigenvalue weighted by Crippen LogP contribution is -2.16. The summed E-state index contributed by atoms with van der Waals surface area (Å²) in [5, 5.41) is 8.72. The maximum atomic E-state index is 11.3. The quantitative estimate of drug-likeness (QED) is 0.740. The first-order valence-electron chi connectivity index (χ1n) is 4.77. The first-order chi connectivity index (χ1) is 7.31. The number of rotatable bonds is 3. The number of aliphatic hydroxyl groups is 1. The van der Waals surface area contributed by atoms with Crippen LogP contribution in [0.1, 0.15) is 12.0 Å². The van der Waals surface area contributed by atoms with Crippen molar-refractivity contribution in [1.29, 1.82) is 0 Å². The molecule has 1 aromatic rings. The average molecular weight is 205 g/mol. The lowest BCUT2D eigenvalue weighted by Gasteiger charge is -1.98. The number of ether oxygens (including phenoxy) is 1. The van der Waals surface area contributed by atoms with Crippen LogP contribution in [0.5, 0.6) is 0 Å². The van der Waals surface area contributed by atoms with E-state index in [2.05, 4.69) is 4.99 Å². The van der Waals surface area contributed by atoms with Gasteiger partial charge in [0.05, 0.1) is 0 Å². The maximum absolute atomic E-state index is 11.3. The van der Waals surface area contributed by atoms with Gasteiger partial charge < -0.3 is 9.84 Å².